The van der Waals surface area contributed by atoms with Crippen molar-refractivity contribution in [3.05, 3.63) is 59.7 Å². The van der Waals surface area contributed by atoms with E-state index in [1.807, 2.05) is 24.3 Å². The highest BCUT2D eigenvalue weighted by Gasteiger charge is 2.08. The first kappa shape index (κ1) is 18.3. The number of methoxy groups -OCH3 is 1. The molecule has 0 bridgehead atoms. The van der Waals surface area contributed by atoms with E-state index < -0.39 is 0 Å². The minimum atomic E-state index is 0. The average molecular weight is 322 g/mol. The quantitative estimate of drug-likeness (QED) is 0.747. The second-order valence-corrected chi connectivity index (χ2v) is 5.38. The minimum Gasteiger partial charge on any atom is -1.00 e. The summed E-state index contributed by atoms with van der Waals surface area (Å²) in [5, 5.41) is 0. The van der Waals surface area contributed by atoms with Crippen molar-refractivity contribution in [2.75, 3.05) is 13.7 Å². The summed E-state index contributed by atoms with van der Waals surface area (Å²) in [5.41, 5.74) is 6.54. The Hall–Kier alpha value is -1.71. The lowest BCUT2D eigenvalue weighted by Gasteiger charge is -2.13. The average Bonchev–Trinajstić information content (AvgIpc) is 2.48. The summed E-state index contributed by atoms with van der Waals surface area (Å²) in [6.45, 7) is 2.75. The molecule has 2 aromatic carbocycles. The van der Waals surface area contributed by atoms with Crippen molar-refractivity contribution < 1.29 is 27.6 Å². The first-order valence-corrected chi connectivity index (χ1v) is 7.35. The van der Waals surface area contributed by atoms with E-state index in [1.165, 1.54) is 11.1 Å². The van der Waals surface area contributed by atoms with Gasteiger partial charge in [0, 0.05) is 12.8 Å². The Bertz CT molecular complexity index is 558. The van der Waals surface area contributed by atoms with Crippen molar-refractivity contribution in [3.8, 4) is 11.5 Å². The van der Waals surface area contributed by atoms with E-state index in [0.29, 0.717) is 12.6 Å². The third-order valence-corrected chi connectivity index (χ3v) is 3.30. The van der Waals surface area contributed by atoms with Crippen molar-refractivity contribution in [1.82, 2.24) is 0 Å². The van der Waals surface area contributed by atoms with Gasteiger partial charge in [-0.05, 0) is 30.2 Å². The van der Waals surface area contributed by atoms with Gasteiger partial charge in [0.05, 0.1) is 19.8 Å². The number of hydrogen-bond acceptors (Lipinski definition) is 2. The fraction of sp³-hybridized carbons (Fsp3) is 0.333. The van der Waals surface area contributed by atoms with Gasteiger partial charge in [-0.15, -0.1) is 0 Å². The zero-order chi connectivity index (χ0) is 15.1. The highest BCUT2D eigenvalue weighted by atomic mass is 35.5. The smallest absolute Gasteiger partial charge is 0.161 e. The van der Waals surface area contributed by atoms with Crippen LogP contribution in [0, 0.1) is 0 Å². The van der Waals surface area contributed by atoms with Gasteiger partial charge in [-0.1, -0.05) is 36.4 Å². The van der Waals surface area contributed by atoms with Crippen LogP contribution >= 0.6 is 0 Å². The second kappa shape index (κ2) is 9.34. The molecule has 0 aromatic heterocycles. The molecule has 0 radical (unpaired) electrons. The fourth-order valence-electron chi connectivity index (χ4n) is 2.29. The normalized spacial score (nSPS) is 11.4. The van der Waals surface area contributed by atoms with Gasteiger partial charge in [-0.3, -0.25) is 0 Å². The van der Waals surface area contributed by atoms with Gasteiger partial charge in [-0.2, -0.15) is 0 Å². The van der Waals surface area contributed by atoms with Crippen molar-refractivity contribution >= 4 is 0 Å². The Morgan fingerprint density at radius 3 is 2.36 bits per heavy atom. The number of quaternary nitrogens is 1. The van der Waals surface area contributed by atoms with Crippen LogP contribution in [-0.2, 0) is 12.8 Å². The van der Waals surface area contributed by atoms with Crippen LogP contribution < -0.4 is 27.6 Å². The molecule has 4 heteroatoms. The summed E-state index contributed by atoms with van der Waals surface area (Å²) in [6.07, 6.45) is 1.83. The van der Waals surface area contributed by atoms with Crippen LogP contribution in [0.25, 0.3) is 0 Å². The number of ether oxygens (including phenoxy) is 2. The molecule has 0 saturated carbocycles. The summed E-state index contributed by atoms with van der Waals surface area (Å²) in [5.74, 6) is 1.59. The lowest BCUT2D eigenvalue weighted by Crippen LogP contribution is -3.00. The molecule has 0 aliphatic rings. The minimum absolute atomic E-state index is 0. The molecular weight excluding hydrogens is 298 g/mol. The maximum atomic E-state index is 5.91. The summed E-state index contributed by atoms with van der Waals surface area (Å²) < 4.78 is 11.3. The topological polar surface area (TPSA) is 46.1 Å². The fourth-order valence-corrected chi connectivity index (χ4v) is 2.29. The maximum Gasteiger partial charge on any atom is 0.161 e. The molecule has 2 rings (SSSR count). The van der Waals surface area contributed by atoms with Gasteiger partial charge >= 0.3 is 0 Å². The molecular formula is C18H24ClNO2. The lowest BCUT2D eigenvalue weighted by atomic mass is 10.1. The van der Waals surface area contributed by atoms with Crippen LogP contribution in [0.3, 0.4) is 0 Å². The van der Waals surface area contributed by atoms with Gasteiger partial charge < -0.3 is 27.6 Å². The van der Waals surface area contributed by atoms with E-state index >= 15 is 0 Å². The first-order valence-electron chi connectivity index (χ1n) is 7.35. The second-order valence-electron chi connectivity index (χ2n) is 5.38. The molecule has 3 N–H and O–H groups in total. The zero-order valence-corrected chi connectivity index (χ0v) is 14.0. The predicted octanol–water partition coefficient (Wildman–Crippen LogP) is -0.506. The number of hydrogen-bond donors (Lipinski definition) is 1. The molecule has 22 heavy (non-hydrogen) atoms. The Morgan fingerprint density at radius 2 is 1.73 bits per heavy atom. The molecule has 0 aliphatic heterocycles. The Kier molecular flexibility index (Phi) is 7.78. The molecule has 0 amide bonds. The zero-order valence-electron chi connectivity index (χ0n) is 13.2. The highest BCUT2D eigenvalue weighted by molar-refractivity contribution is 5.43. The van der Waals surface area contributed by atoms with Crippen LogP contribution in [-0.4, -0.2) is 19.8 Å². The van der Waals surface area contributed by atoms with E-state index in [2.05, 4.69) is 36.9 Å². The predicted molar refractivity (Wildman–Crippen MR) is 84.7 cm³/mol. The number of benzene rings is 2. The Morgan fingerprint density at radius 1 is 1.00 bits per heavy atom. The van der Waals surface area contributed by atoms with E-state index in [1.54, 1.807) is 7.11 Å². The highest BCUT2D eigenvalue weighted by Crippen LogP contribution is 2.28. The van der Waals surface area contributed by atoms with Crippen LogP contribution in [0.1, 0.15) is 18.1 Å². The third kappa shape index (κ3) is 5.58. The monoisotopic (exact) mass is 321 g/mol. The first-order chi connectivity index (χ1) is 10.2. The molecule has 0 saturated heterocycles. The molecule has 0 fully saturated rings. The molecule has 0 aliphatic carbocycles. The van der Waals surface area contributed by atoms with Crippen molar-refractivity contribution in [3.63, 3.8) is 0 Å². The molecule has 1 atom stereocenters. The van der Waals surface area contributed by atoms with Crippen LogP contribution in [0.2, 0.25) is 0 Å². The van der Waals surface area contributed by atoms with Gasteiger partial charge in [0.15, 0.2) is 11.5 Å². The Balaban J connectivity index is 0.00000242. The van der Waals surface area contributed by atoms with E-state index in [0.717, 1.165) is 24.3 Å². The third-order valence-electron chi connectivity index (χ3n) is 3.30. The summed E-state index contributed by atoms with van der Waals surface area (Å²) >= 11 is 0. The van der Waals surface area contributed by atoms with Crippen LogP contribution in [0.5, 0.6) is 11.5 Å². The van der Waals surface area contributed by atoms with Gasteiger partial charge in [0.25, 0.3) is 0 Å². The van der Waals surface area contributed by atoms with Gasteiger partial charge in [0.1, 0.15) is 0 Å². The van der Waals surface area contributed by atoms with Gasteiger partial charge in [0.2, 0.25) is 0 Å². The van der Waals surface area contributed by atoms with Crippen LogP contribution in [0.15, 0.2) is 48.5 Å². The largest absolute Gasteiger partial charge is 1.00 e. The number of halogens is 1. The molecule has 0 heterocycles. The molecule has 120 valence electrons. The molecule has 1 unspecified atom stereocenters. The molecule has 3 nitrogen and oxygen atoms in total. The standard InChI is InChI=1S/C18H23NO2.ClH/c1-14(19)12-16-8-9-17(20-2)18(13-16)21-11-10-15-6-4-3-5-7-15;/h3-9,13-14H,10-12,19H2,1-2H3;1H. The number of rotatable bonds is 7. The lowest BCUT2D eigenvalue weighted by molar-refractivity contribution is -0.413. The van der Waals surface area contributed by atoms with Crippen molar-refractivity contribution in [1.29, 1.82) is 0 Å². The molecule has 2 aromatic rings. The summed E-state index contributed by atoms with van der Waals surface area (Å²) in [6, 6.07) is 16.8. The SMILES string of the molecule is COc1ccc(CC(C)[NH3+])cc1OCCc1ccccc1.[Cl-]. The maximum absolute atomic E-state index is 5.91. The Labute approximate surface area is 138 Å². The summed E-state index contributed by atoms with van der Waals surface area (Å²) in [4.78, 5) is 0. The summed E-state index contributed by atoms with van der Waals surface area (Å²) in [7, 11) is 1.67. The van der Waals surface area contributed by atoms with E-state index in [9.17, 15) is 0 Å². The van der Waals surface area contributed by atoms with E-state index in [-0.39, 0.29) is 12.4 Å². The van der Waals surface area contributed by atoms with Crippen molar-refractivity contribution in [2.45, 2.75) is 25.8 Å². The van der Waals surface area contributed by atoms with Crippen LogP contribution in [0.4, 0.5) is 0 Å². The van der Waals surface area contributed by atoms with E-state index in [4.69, 9.17) is 9.47 Å². The molecule has 0 spiro atoms. The van der Waals surface area contributed by atoms with Crippen molar-refractivity contribution in [2.24, 2.45) is 0 Å². The van der Waals surface area contributed by atoms with Gasteiger partial charge in [-0.25, -0.2) is 0 Å².